The summed E-state index contributed by atoms with van der Waals surface area (Å²) in [4.78, 5) is 3.99. The lowest BCUT2D eigenvalue weighted by Crippen LogP contribution is -1.92. The Labute approximate surface area is 72.4 Å². The highest BCUT2D eigenvalue weighted by molar-refractivity contribution is 6.29. The van der Waals surface area contributed by atoms with Crippen LogP contribution in [0.2, 0.25) is 5.15 Å². The molecular formula is C9H12ClN. The van der Waals surface area contributed by atoms with Gasteiger partial charge in [-0.1, -0.05) is 25.4 Å². The van der Waals surface area contributed by atoms with Crippen LogP contribution in [0.15, 0.2) is 12.3 Å². The number of aromatic nitrogens is 1. The molecule has 0 atom stereocenters. The van der Waals surface area contributed by atoms with Crippen LogP contribution in [-0.2, 0) is 0 Å². The number of rotatable bonds is 1. The summed E-state index contributed by atoms with van der Waals surface area (Å²) >= 11 is 5.75. The Morgan fingerprint density at radius 2 is 2.09 bits per heavy atom. The van der Waals surface area contributed by atoms with Crippen molar-refractivity contribution in [2.45, 2.75) is 26.7 Å². The predicted molar refractivity (Wildman–Crippen MR) is 48.1 cm³/mol. The molecule has 0 radical (unpaired) electrons. The molecular weight excluding hydrogens is 158 g/mol. The number of hydrogen-bond acceptors (Lipinski definition) is 1. The van der Waals surface area contributed by atoms with Gasteiger partial charge in [-0.25, -0.2) is 4.98 Å². The fourth-order valence-corrected chi connectivity index (χ4v) is 1.30. The zero-order chi connectivity index (χ0) is 8.43. The standard InChI is InChI=1S/C9H12ClN/c1-6(2)8-4-9(10)11-5-7(8)3/h4-6H,1-3H3. The number of nitrogens with zero attached hydrogens (tertiary/aromatic N) is 1. The lowest BCUT2D eigenvalue weighted by Gasteiger charge is -2.08. The Morgan fingerprint density at radius 1 is 1.45 bits per heavy atom. The van der Waals surface area contributed by atoms with Crippen LogP contribution < -0.4 is 0 Å². The van der Waals surface area contributed by atoms with Gasteiger partial charge in [-0.2, -0.15) is 0 Å². The molecule has 0 amide bonds. The summed E-state index contributed by atoms with van der Waals surface area (Å²) in [5.74, 6) is 0.524. The maximum atomic E-state index is 5.75. The lowest BCUT2D eigenvalue weighted by molar-refractivity contribution is 0.852. The van der Waals surface area contributed by atoms with E-state index in [0.29, 0.717) is 11.1 Å². The molecule has 0 aromatic carbocycles. The van der Waals surface area contributed by atoms with Crippen LogP contribution in [-0.4, -0.2) is 4.98 Å². The van der Waals surface area contributed by atoms with Gasteiger partial charge >= 0.3 is 0 Å². The van der Waals surface area contributed by atoms with Gasteiger partial charge in [-0.15, -0.1) is 0 Å². The molecule has 1 aromatic rings. The number of halogens is 1. The summed E-state index contributed by atoms with van der Waals surface area (Å²) in [5, 5.41) is 0.583. The van der Waals surface area contributed by atoms with Crippen molar-refractivity contribution in [2.24, 2.45) is 0 Å². The first-order valence-electron chi connectivity index (χ1n) is 3.73. The Bertz CT molecular complexity index is 256. The van der Waals surface area contributed by atoms with E-state index >= 15 is 0 Å². The topological polar surface area (TPSA) is 12.9 Å². The van der Waals surface area contributed by atoms with Crippen molar-refractivity contribution in [1.29, 1.82) is 0 Å². The third-order valence-electron chi connectivity index (χ3n) is 1.73. The van der Waals surface area contributed by atoms with E-state index in [0.717, 1.165) is 0 Å². The van der Waals surface area contributed by atoms with Gasteiger partial charge in [0.1, 0.15) is 5.15 Å². The monoisotopic (exact) mass is 169 g/mol. The summed E-state index contributed by atoms with van der Waals surface area (Å²) in [6, 6.07) is 1.93. The Kier molecular flexibility index (Phi) is 2.50. The van der Waals surface area contributed by atoms with Crippen molar-refractivity contribution >= 4 is 11.6 Å². The third kappa shape index (κ3) is 1.93. The van der Waals surface area contributed by atoms with E-state index in [-0.39, 0.29) is 0 Å². The smallest absolute Gasteiger partial charge is 0.129 e. The molecule has 1 heterocycles. The van der Waals surface area contributed by atoms with E-state index in [1.165, 1.54) is 11.1 Å². The summed E-state index contributed by atoms with van der Waals surface area (Å²) in [6.07, 6.45) is 1.82. The minimum absolute atomic E-state index is 0.524. The average molecular weight is 170 g/mol. The van der Waals surface area contributed by atoms with Gasteiger partial charge in [-0.05, 0) is 30.0 Å². The maximum absolute atomic E-state index is 5.75. The molecule has 0 aliphatic rings. The highest BCUT2D eigenvalue weighted by Gasteiger charge is 2.03. The Morgan fingerprint density at radius 3 is 2.55 bits per heavy atom. The molecule has 1 nitrogen and oxygen atoms in total. The van der Waals surface area contributed by atoms with Crippen LogP contribution in [0.3, 0.4) is 0 Å². The van der Waals surface area contributed by atoms with Crippen molar-refractivity contribution in [1.82, 2.24) is 4.98 Å². The molecule has 0 saturated carbocycles. The third-order valence-corrected chi connectivity index (χ3v) is 1.94. The van der Waals surface area contributed by atoms with E-state index in [9.17, 15) is 0 Å². The average Bonchev–Trinajstić information content (AvgIpc) is 1.94. The van der Waals surface area contributed by atoms with E-state index in [4.69, 9.17) is 11.6 Å². The van der Waals surface area contributed by atoms with Gasteiger partial charge < -0.3 is 0 Å². The van der Waals surface area contributed by atoms with Crippen LogP contribution in [0, 0.1) is 6.92 Å². The summed E-state index contributed by atoms with van der Waals surface area (Å²) < 4.78 is 0. The molecule has 0 fully saturated rings. The van der Waals surface area contributed by atoms with Gasteiger partial charge in [0.15, 0.2) is 0 Å². The predicted octanol–water partition coefficient (Wildman–Crippen LogP) is 3.17. The molecule has 0 aliphatic heterocycles. The van der Waals surface area contributed by atoms with Crippen molar-refractivity contribution in [3.63, 3.8) is 0 Å². The highest BCUT2D eigenvalue weighted by atomic mass is 35.5. The van der Waals surface area contributed by atoms with Crippen LogP contribution in [0.4, 0.5) is 0 Å². The van der Waals surface area contributed by atoms with Gasteiger partial charge in [0.25, 0.3) is 0 Å². The van der Waals surface area contributed by atoms with Crippen molar-refractivity contribution in [3.05, 3.63) is 28.5 Å². The maximum Gasteiger partial charge on any atom is 0.129 e. The Balaban J connectivity index is 3.13. The van der Waals surface area contributed by atoms with E-state index in [1.54, 1.807) is 0 Å². The van der Waals surface area contributed by atoms with E-state index < -0.39 is 0 Å². The normalized spacial score (nSPS) is 10.6. The summed E-state index contributed by atoms with van der Waals surface area (Å²) in [5.41, 5.74) is 2.49. The van der Waals surface area contributed by atoms with Crippen molar-refractivity contribution in [2.75, 3.05) is 0 Å². The van der Waals surface area contributed by atoms with Crippen LogP contribution in [0.25, 0.3) is 0 Å². The van der Waals surface area contributed by atoms with Gasteiger partial charge in [-0.3, -0.25) is 0 Å². The highest BCUT2D eigenvalue weighted by Crippen LogP contribution is 2.20. The van der Waals surface area contributed by atoms with Crippen molar-refractivity contribution < 1.29 is 0 Å². The summed E-state index contributed by atoms with van der Waals surface area (Å²) in [7, 11) is 0. The molecule has 2 heteroatoms. The number of hydrogen-bond donors (Lipinski definition) is 0. The first kappa shape index (κ1) is 8.54. The van der Waals surface area contributed by atoms with Crippen molar-refractivity contribution in [3.8, 4) is 0 Å². The molecule has 0 unspecified atom stereocenters. The molecule has 0 saturated heterocycles. The first-order valence-corrected chi connectivity index (χ1v) is 4.11. The quantitative estimate of drug-likeness (QED) is 0.589. The van der Waals surface area contributed by atoms with Crippen LogP contribution in [0.1, 0.15) is 30.9 Å². The second-order valence-electron chi connectivity index (χ2n) is 3.02. The molecule has 0 N–H and O–H groups in total. The number of aryl methyl sites for hydroxylation is 1. The van der Waals surface area contributed by atoms with Gasteiger partial charge in [0.2, 0.25) is 0 Å². The fourth-order valence-electron chi connectivity index (χ4n) is 1.13. The fraction of sp³-hybridized carbons (Fsp3) is 0.444. The van der Waals surface area contributed by atoms with Gasteiger partial charge in [0, 0.05) is 6.20 Å². The minimum Gasteiger partial charge on any atom is -0.244 e. The van der Waals surface area contributed by atoms with Crippen LogP contribution >= 0.6 is 11.6 Å². The molecule has 1 aromatic heterocycles. The molecule has 60 valence electrons. The zero-order valence-corrected chi connectivity index (χ0v) is 7.81. The molecule has 0 bridgehead atoms. The molecule has 11 heavy (non-hydrogen) atoms. The van der Waals surface area contributed by atoms with E-state index in [2.05, 4.69) is 25.8 Å². The summed E-state index contributed by atoms with van der Waals surface area (Å²) in [6.45, 7) is 6.36. The Hall–Kier alpha value is -0.560. The SMILES string of the molecule is Cc1cnc(Cl)cc1C(C)C. The number of pyridine rings is 1. The lowest BCUT2D eigenvalue weighted by atomic mass is 10.0. The van der Waals surface area contributed by atoms with Gasteiger partial charge in [0.05, 0.1) is 0 Å². The molecule has 1 rings (SSSR count). The zero-order valence-electron chi connectivity index (χ0n) is 7.06. The second kappa shape index (κ2) is 3.22. The first-order chi connectivity index (χ1) is 5.11. The van der Waals surface area contributed by atoms with E-state index in [1.807, 2.05) is 12.3 Å². The molecule has 0 spiro atoms. The molecule has 0 aliphatic carbocycles. The minimum atomic E-state index is 0.524. The largest absolute Gasteiger partial charge is 0.244 e. The second-order valence-corrected chi connectivity index (χ2v) is 3.41. The van der Waals surface area contributed by atoms with Crippen LogP contribution in [0.5, 0.6) is 0 Å².